The van der Waals surface area contributed by atoms with Crippen molar-refractivity contribution in [1.82, 2.24) is 9.13 Å². The molecule has 2 aromatic heterocycles. The Morgan fingerprint density at radius 3 is 1.55 bits per heavy atom. The van der Waals surface area contributed by atoms with Crippen molar-refractivity contribution in [3.8, 4) is 34.6 Å². The van der Waals surface area contributed by atoms with Gasteiger partial charge in [-0.15, -0.1) is 0 Å². The van der Waals surface area contributed by atoms with Crippen molar-refractivity contribution in [1.29, 1.82) is 10.5 Å². The number of para-hydroxylation sites is 2. The predicted octanol–water partition coefficient (Wildman–Crippen LogP) is 9.29. The second-order valence-corrected chi connectivity index (χ2v) is 10.5. The lowest BCUT2D eigenvalue weighted by Crippen LogP contribution is -1.97. The van der Waals surface area contributed by atoms with Crippen LogP contribution >= 0.6 is 0 Å². The Morgan fingerprint density at radius 2 is 0.881 bits per heavy atom. The zero-order valence-corrected chi connectivity index (χ0v) is 22.5. The highest BCUT2D eigenvalue weighted by Gasteiger charge is 2.16. The second kappa shape index (κ2) is 9.24. The summed E-state index contributed by atoms with van der Waals surface area (Å²) in [7, 11) is 0. The second-order valence-electron chi connectivity index (χ2n) is 10.5. The van der Waals surface area contributed by atoms with Gasteiger partial charge in [0.25, 0.3) is 0 Å². The van der Waals surface area contributed by atoms with Gasteiger partial charge in [0, 0.05) is 32.9 Å². The standard InChI is InChI=1S/C38H22N4/c39-23-25-9-12-27(13-10-25)28-14-16-29(17-15-28)41-35-7-3-1-5-31(35)33-19-18-30(22-38(33)41)42-36-8-4-2-6-32(36)34-21-26(24-40)11-20-37(34)42/h1-22H. The molecule has 0 spiro atoms. The molecule has 0 saturated carbocycles. The highest BCUT2D eigenvalue weighted by molar-refractivity contribution is 6.12. The Labute approximate surface area is 242 Å². The van der Waals surface area contributed by atoms with E-state index < -0.39 is 0 Å². The summed E-state index contributed by atoms with van der Waals surface area (Å²) < 4.78 is 4.62. The molecule has 2 heterocycles. The minimum absolute atomic E-state index is 0.658. The molecule has 8 rings (SSSR count). The van der Waals surface area contributed by atoms with Crippen LogP contribution in [-0.4, -0.2) is 9.13 Å². The van der Waals surface area contributed by atoms with Crippen LogP contribution in [0.15, 0.2) is 133 Å². The van der Waals surface area contributed by atoms with Crippen LogP contribution in [0, 0.1) is 22.7 Å². The van der Waals surface area contributed by atoms with Gasteiger partial charge in [0.05, 0.1) is 45.3 Å². The monoisotopic (exact) mass is 534 g/mol. The van der Waals surface area contributed by atoms with Gasteiger partial charge in [-0.2, -0.15) is 10.5 Å². The Hall–Kier alpha value is -6.10. The van der Waals surface area contributed by atoms with Crippen molar-refractivity contribution in [2.75, 3.05) is 0 Å². The van der Waals surface area contributed by atoms with E-state index in [0.29, 0.717) is 11.1 Å². The van der Waals surface area contributed by atoms with E-state index in [1.54, 1.807) is 0 Å². The number of fused-ring (bicyclic) bond motifs is 6. The van der Waals surface area contributed by atoms with E-state index in [-0.39, 0.29) is 0 Å². The molecule has 4 heteroatoms. The van der Waals surface area contributed by atoms with E-state index in [9.17, 15) is 5.26 Å². The zero-order chi connectivity index (χ0) is 28.2. The van der Waals surface area contributed by atoms with Crippen LogP contribution < -0.4 is 0 Å². The normalized spacial score (nSPS) is 11.3. The lowest BCUT2D eigenvalue weighted by molar-refractivity contribution is 1.15. The molecule has 0 amide bonds. The zero-order valence-electron chi connectivity index (χ0n) is 22.5. The first-order chi connectivity index (χ1) is 20.7. The molecule has 0 N–H and O–H groups in total. The van der Waals surface area contributed by atoms with Gasteiger partial charge in [0.15, 0.2) is 0 Å². The molecule has 0 fully saturated rings. The van der Waals surface area contributed by atoms with Gasteiger partial charge in [0.1, 0.15) is 0 Å². The van der Waals surface area contributed by atoms with Crippen LogP contribution in [0.4, 0.5) is 0 Å². The molecule has 0 aliphatic rings. The first-order valence-corrected chi connectivity index (χ1v) is 13.8. The summed E-state index contributed by atoms with van der Waals surface area (Å²) in [4.78, 5) is 0. The molecule has 0 bridgehead atoms. The number of hydrogen-bond donors (Lipinski definition) is 0. The SMILES string of the molecule is N#Cc1ccc(-c2ccc(-n3c4ccccc4c4ccc(-n5c6ccccc6c6cc(C#N)ccc65)cc43)cc2)cc1. The van der Waals surface area contributed by atoms with Crippen LogP contribution in [-0.2, 0) is 0 Å². The summed E-state index contributed by atoms with van der Waals surface area (Å²) in [6.07, 6.45) is 0. The van der Waals surface area contributed by atoms with Gasteiger partial charge < -0.3 is 9.13 Å². The van der Waals surface area contributed by atoms with Crippen molar-refractivity contribution >= 4 is 43.6 Å². The minimum Gasteiger partial charge on any atom is -0.309 e. The number of nitriles is 2. The summed E-state index contributed by atoms with van der Waals surface area (Å²) >= 11 is 0. The smallest absolute Gasteiger partial charge is 0.0991 e. The van der Waals surface area contributed by atoms with Crippen LogP contribution in [0.2, 0.25) is 0 Å². The number of aromatic nitrogens is 2. The summed E-state index contributed by atoms with van der Waals surface area (Å²) in [5.74, 6) is 0. The lowest BCUT2D eigenvalue weighted by atomic mass is 10.0. The van der Waals surface area contributed by atoms with Crippen LogP contribution in [0.5, 0.6) is 0 Å². The van der Waals surface area contributed by atoms with E-state index in [1.165, 1.54) is 10.8 Å². The summed E-state index contributed by atoms with van der Waals surface area (Å²) in [6.45, 7) is 0. The number of rotatable bonds is 3. The highest BCUT2D eigenvalue weighted by atomic mass is 15.0. The first kappa shape index (κ1) is 23.8. The fourth-order valence-electron chi connectivity index (χ4n) is 6.24. The highest BCUT2D eigenvalue weighted by Crippen LogP contribution is 2.37. The number of benzene rings is 6. The molecule has 4 nitrogen and oxygen atoms in total. The molecule has 8 aromatic rings. The summed E-state index contributed by atoms with van der Waals surface area (Å²) in [6, 6.07) is 50.3. The largest absolute Gasteiger partial charge is 0.309 e. The molecular weight excluding hydrogens is 512 g/mol. The quantitative estimate of drug-likeness (QED) is 0.227. The van der Waals surface area contributed by atoms with E-state index >= 15 is 0 Å². The van der Waals surface area contributed by atoms with Gasteiger partial charge in [-0.25, -0.2) is 0 Å². The number of hydrogen-bond acceptors (Lipinski definition) is 2. The molecule has 194 valence electrons. The lowest BCUT2D eigenvalue weighted by Gasteiger charge is -2.12. The van der Waals surface area contributed by atoms with Gasteiger partial charge in [-0.3, -0.25) is 0 Å². The van der Waals surface area contributed by atoms with Crippen LogP contribution in [0.3, 0.4) is 0 Å². The van der Waals surface area contributed by atoms with E-state index in [1.807, 2.05) is 42.5 Å². The van der Waals surface area contributed by atoms with E-state index in [2.05, 4.69) is 112 Å². The van der Waals surface area contributed by atoms with Gasteiger partial charge in [-0.05, 0) is 77.9 Å². The molecule has 0 aliphatic heterocycles. The maximum atomic E-state index is 9.55. The molecule has 0 unspecified atom stereocenters. The minimum atomic E-state index is 0.658. The molecule has 42 heavy (non-hydrogen) atoms. The average Bonchev–Trinajstić information content (AvgIpc) is 3.57. The Morgan fingerprint density at radius 1 is 0.381 bits per heavy atom. The third-order valence-corrected chi connectivity index (χ3v) is 8.19. The molecular formula is C38H22N4. The van der Waals surface area contributed by atoms with Crippen molar-refractivity contribution < 1.29 is 0 Å². The van der Waals surface area contributed by atoms with Crippen molar-refractivity contribution in [2.24, 2.45) is 0 Å². The Kier molecular flexibility index (Phi) is 5.22. The van der Waals surface area contributed by atoms with Crippen LogP contribution in [0.1, 0.15) is 11.1 Å². The van der Waals surface area contributed by atoms with Crippen LogP contribution in [0.25, 0.3) is 66.1 Å². The first-order valence-electron chi connectivity index (χ1n) is 13.8. The fourth-order valence-corrected chi connectivity index (χ4v) is 6.24. The molecule has 0 radical (unpaired) electrons. The maximum absolute atomic E-state index is 9.55. The maximum Gasteiger partial charge on any atom is 0.0991 e. The molecule has 0 aliphatic carbocycles. The van der Waals surface area contributed by atoms with Crippen molar-refractivity contribution in [3.63, 3.8) is 0 Å². The summed E-state index contributed by atoms with van der Waals surface area (Å²) in [5.41, 5.74) is 10.1. The van der Waals surface area contributed by atoms with Gasteiger partial charge >= 0.3 is 0 Å². The van der Waals surface area contributed by atoms with Crippen molar-refractivity contribution in [2.45, 2.75) is 0 Å². The van der Waals surface area contributed by atoms with Gasteiger partial charge in [0.2, 0.25) is 0 Å². The van der Waals surface area contributed by atoms with E-state index in [0.717, 1.165) is 55.3 Å². The Balaban J connectivity index is 1.35. The van der Waals surface area contributed by atoms with Crippen molar-refractivity contribution in [3.05, 3.63) is 145 Å². The predicted molar refractivity (Wildman–Crippen MR) is 170 cm³/mol. The average molecular weight is 535 g/mol. The molecule has 6 aromatic carbocycles. The third-order valence-electron chi connectivity index (χ3n) is 8.19. The topological polar surface area (TPSA) is 57.4 Å². The fraction of sp³-hybridized carbons (Fsp3) is 0. The van der Waals surface area contributed by atoms with E-state index in [4.69, 9.17) is 5.26 Å². The Bertz CT molecular complexity index is 2410. The number of nitrogens with zero attached hydrogens (tertiary/aromatic N) is 4. The molecule has 0 atom stereocenters. The van der Waals surface area contributed by atoms with Gasteiger partial charge in [-0.1, -0.05) is 66.7 Å². The summed E-state index contributed by atoms with van der Waals surface area (Å²) in [5, 5.41) is 23.3. The third kappa shape index (κ3) is 3.53. The molecule has 0 saturated heterocycles.